The van der Waals surface area contributed by atoms with Gasteiger partial charge in [0, 0.05) is 5.75 Å². The van der Waals surface area contributed by atoms with Crippen LogP contribution in [0.1, 0.15) is 0 Å². The Balaban J connectivity index is 1.50. The molecule has 0 unspecified atom stereocenters. The molecule has 0 aliphatic carbocycles. The highest BCUT2D eigenvalue weighted by molar-refractivity contribution is 8.01. The van der Waals surface area contributed by atoms with Gasteiger partial charge >= 0.3 is 0 Å². The van der Waals surface area contributed by atoms with Gasteiger partial charge in [-0.3, -0.25) is 0 Å². The van der Waals surface area contributed by atoms with Gasteiger partial charge in [-0.2, -0.15) is 0 Å². The summed E-state index contributed by atoms with van der Waals surface area (Å²) in [4.78, 5) is 4.53. The molecule has 0 amide bonds. The average Bonchev–Trinajstić information content (AvgIpc) is 2.95. The van der Waals surface area contributed by atoms with E-state index in [0.717, 1.165) is 15.6 Å². The highest BCUT2D eigenvalue weighted by Crippen LogP contribution is 2.29. The molecule has 0 radical (unpaired) electrons. The Bertz CT molecular complexity index is 667. The van der Waals surface area contributed by atoms with Crippen molar-refractivity contribution in [2.75, 3.05) is 12.4 Å². The summed E-state index contributed by atoms with van der Waals surface area (Å²) in [6, 6.07) is 17.6. The molecule has 0 bridgehead atoms. The van der Waals surface area contributed by atoms with Gasteiger partial charge in [0.05, 0.1) is 16.3 Å². The lowest BCUT2D eigenvalue weighted by Gasteiger charge is -2.11. The number of aliphatic hydroxyl groups is 1. The fraction of sp³-hybridized carbons (Fsp3) is 0.188. The Morgan fingerprint density at radius 3 is 2.67 bits per heavy atom. The molecule has 1 heterocycles. The maximum Gasteiger partial charge on any atom is 0.151 e. The van der Waals surface area contributed by atoms with Crippen molar-refractivity contribution >= 4 is 33.3 Å². The van der Waals surface area contributed by atoms with Gasteiger partial charge in [0.2, 0.25) is 0 Å². The van der Waals surface area contributed by atoms with Crippen molar-refractivity contribution in [2.45, 2.75) is 10.4 Å². The maximum atomic E-state index is 9.98. The first-order chi connectivity index (χ1) is 10.3. The topological polar surface area (TPSA) is 42.4 Å². The van der Waals surface area contributed by atoms with Crippen LogP contribution in [-0.4, -0.2) is 28.6 Å². The third-order valence-electron chi connectivity index (χ3n) is 2.86. The van der Waals surface area contributed by atoms with Crippen LogP contribution in [0.5, 0.6) is 5.75 Å². The molecular formula is C16H15NO2S2. The molecule has 1 N–H and O–H groups in total. The summed E-state index contributed by atoms with van der Waals surface area (Å²) in [6.45, 7) is 0.294. The normalized spacial score (nSPS) is 12.4. The summed E-state index contributed by atoms with van der Waals surface area (Å²) >= 11 is 3.22. The van der Waals surface area contributed by atoms with E-state index in [1.54, 1.807) is 23.1 Å². The number of nitrogens with zero attached hydrogens (tertiary/aromatic N) is 1. The number of para-hydroxylation sites is 2. The quantitative estimate of drug-likeness (QED) is 0.702. The van der Waals surface area contributed by atoms with Gasteiger partial charge in [-0.15, -0.1) is 11.3 Å². The molecule has 108 valence electrons. The van der Waals surface area contributed by atoms with Crippen LogP contribution in [0, 0.1) is 0 Å². The van der Waals surface area contributed by atoms with E-state index in [4.69, 9.17) is 4.74 Å². The van der Waals surface area contributed by atoms with Gasteiger partial charge in [-0.25, -0.2) is 4.98 Å². The van der Waals surface area contributed by atoms with Crippen molar-refractivity contribution in [3.63, 3.8) is 0 Å². The smallest absolute Gasteiger partial charge is 0.151 e. The zero-order valence-corrected chi connectivity index (χ0v) is 12.9. The second-order valence-electron chi connectivity index (χ2n) is 4.54. The van der Waals surface area contributed by atoms with Crippen LogP contribution in [-0.2, 0) is 0 Å². The molecule has 3 nitrogen and oxygen atoms in total. The molecule has 3 rings (SSSR count). The minimum Gasteiger partial charge on any atom is -0.491 e. The number of aliphatic hydroxyl groups excluding tert-OH is 1. The van der Waals surface area contributed by atoms with Gasteiger partial charge < -0.3 is 9.84 Å². The van der Waals surface area contributed by atoms with E-state index in [1.807, 2.05) is 48.5 Å². The highest BCUT2D eigenvalue weighted by Gasteiger charge is 2.09. The summed E-state index contributed by atoms with van der Waals surface area (Å²) in [5.74, 6) is 1.36. The van der Waals surface area contributed by atoms with Gasteiger partial charge in [0.15, 0.2) is 4.34 Å². The van der Waals surface area contributed by atoms with Crippen LogP contribution in [0.3, 0.4) is 0 Å². The van der Waals surface area contributed by atoms with Crippen LogP contribution in [0.4, 0.5) is 0 Å². The summed E-state index contributed by atoms with van der Waals surface area (Å²) in [6.07, 6.45) is -0.512. The standard InChI is InChI=1S/C16H15NO2S2/c18-12(10-19-13-6-2-1-3-7-13)11-20-16-17-14-8-4-5-9-15(14)21-16/h1-9,12,18H,10-11H2/t12-/m0/s1. The molecule has 0 fully saturated rings. The highest BCUT2D eigenvalue weighted by atomic mass is 32.2. The number of thiazole rings is 1. The second kappa shape index (κ2) is 6.93. The second-order valence-corrected chi connectivity index (χ2v) is 6.83. The van der Waals surface area contributed by atoms with Crippen LogP contribution >= 0.6 is 23.1 Å². The molecule has 0 spiro atoms. The Labute approximate surface area is 131 Å². The van der Waals surface area contributed by atoms with Crippen molar-refractivity contribution in [2.24, 2.45) is 0 Å². The SMILES string of the molecule is O[C@@H](COc1ccccc1)CSc1nc2ccccc2s1. The van der Waals surface area contributed by atoms with Gasteiger partial charge in [-0.1, -0.05) is 42.1 Å². The van der Waals surface area contributed by atoms with E-state index in [-0.39, 0.29) is 0 Å². The van der Waals surface area contributed by atoms with Crippen LogP contribution in [0.2, 0.25) is 0 Å². The van der Waals surface area contributed by atoms with Crippen LogP contribution < -0.4 is 4.74 Å². The fourth-order valence-electron chi connectivity index (χ4n) is 1.84. The molecule has 21 heavy (non-hydrogen) atoms. The molecule has 5 heteroatoms. The average molecular weight is 317 g/mol. The minimum absolute atomic E-state index is 0.294. The molecule has 1 aromatic heterocycles. The molecule has 0 aliphatic heterocycles. The monoisotopic (exact) mass is 317 g/mol. The number of ether oxygens (including phenoxy) is 1. The van der Waals surface area contributed by atoms with E-state index in [1.165, 1.54) is 4.70 Å². The van der Waals surface area contributed by atoms with Gasteiger partial charge in [-0.05, 0) is 24.3 Å². The number of hydrogen-bond donors (Lipinski definition) is 1. The Morgan fingerprint density at radius 1 is 1.10 bits per heavy atom. The first-order valence-corrected chi connectivity index (χ1v) is 8.46. The first-order valence-electron chi connectivity index (χ1n) is 6.65. The molecule has 0 aliphatic rings. The number of rotatable bonds is 6. The summed E-state index contributed by atoms with van der Waals surface area (Å²) in [5, 5.41) is 9.98. The molecule has 3 aromatic rings. The zero-order chi connectivity index (χ0) is 14.5. The lowest BCUT2D eigenvalue weighted by molar-refractivity contribution is 0.126. The van der Waals surface area contributed by atoms with Crippen molar-refractivity contribution in [3.05, 3.63) is 54.6 Å². The zero-order valence-electron chi connectivity index (χ0n) is 11.3. The number of hydrogen-bond acceptors (Lipinski definition) is 5. The van der Waals surface area contributed by atoms with E-state index < -0.39 is 6.10 Å². The predicted molar refractivity (Wildman–Crippen MR) is 88.3 cm³/mol. The largest absolute Gasteiger partial charge is 0.491 e. The number of fused-ring (bicyclic) bond motifs is 1. The Hall–Kier alpha value is -1.56. The minimum atomic E-state index is -0.512. The summed E-state index contributed by atoms with van der Waals surface area (Å²) < 4.78 is 7.69. The molecule has 1 atom stereocenters. The number of aromatic nitrogens is 1. The van der Waals surface area contributed by atoms with Crippen molar-refractivity contribution in [1.29, 1.82) is 0 Å². The Kier molecular flexibility index (Phi) is 4.75. The first kappa shape index (κ1) is 14.4. The Morgan fingerprint density at radius 2 is 1.86 bits per heavy atom. The van der Waals surface area contributed by atoms with Crippen LogP contribution in [0.15, 0.2) is 58.9 Å². The van der Waals surface area contributed by atoms with Gasteiger partial charge in [0.1, 0.15) is 12.4 Å². The van der Waals surface area contributed by atoms with E-state index >= 15 is 0 Å². The van der Waals surface area contributed by atoms with Crippen molar-refractivity contribution < 1.29 is 9.84 Å². The van der Waals surface area contributed by atoms with Gasteiger partial charge in [0.25, 0.3) is 0 Å². The molecule has 0 saturated carbocycles. The van der Waals surface area contributed by atoms with Crippen molar-refractivity contribution in [3.8, 4) is 5.75 Å². The third kappa shape index (κ3) is 3.97. The summed E-state index contributed by atoms with van der Waals surface area (Å²) in [5.41, 5.74) is 1.01. The maximum absolute atomic E-state index is 9.98. The van der Waals surface area contributed by atoms with E-state index in [9.17, 15) is 5.11 Å². The fourth-order valence-corrected chi connectivity index (χ4v) is 3.84. The molecule has 0 saturated heterocycles. The third-order valence-corrected chi connectivity index (χ3v) is 5.18. The lowest BCUT2D eigenvalue weighted by atomic mass is 10.3. The van der Waals surface area contributed by atoms with E-state index in [0.29, 0.717) is 12.4 Å². The lowest BCUT2D eigenvalue weighted by Crippen LogP contribution is -2.19. The van der Waals surface area contributed by atoms with E-state index in [2.05, 4.69) is 11.1 Å². The van der Waals surface area contributed by atoms with Crippen molar-refractivity contribution in [1.82, 2.24) is 4.98 Å². The molecule has 2 aromatic carbocycles. The molecular weight excluding hydrogens is 302 g/mol. The predicted octanol–water partition coefficient (Wildman–Crippen LogP) is 3.83. The number of thioether (sulfide) groups is 1. The van der Waals surface area contributed by atoms with Crippen LogP contribution in [0.25, 0.3) is 10.2 Å². The number of benzene rings is 2. The summed E-state index contributed by atoms with van der Waals surface area (Å²) in [7, 11) is 0.